The molecule has 1 heterocycles. The lowest BCUT2D eigenvalue weighted by Crippen LogP contribution is -2.10. The van der Waals surface area contributed by atoms with Gasteiger partial charge >= 0.3 is 5.97 Å². The van der Waals surface area contributed by atoms with Gasteiger partial charge in [0.05, 0.1) is 5.69 Å². The summed E-state index contributed by atoms with van der Waals surface area (Å²) in [5, 5.41) is 12.0. The Hall–Kier alpha value is -2.79. The zero-order valence-electron chi connectivity index (χ0n) is 11.9. The van der Waals surface area contributed by atoms with Crippen LogP contribution < -0.4 is 10.1 Å². The highest BCUT2D eigenvalue weighted by molar-refractivity contribution is 6.36. The highest BCUT2D eigenvalue weighted by atomic mass is 35.5. The molecule has 0 saturated carbocycles. The van der Waals surface area contributed by atoms with Gasteiger partial charge in [0.15, 0.2) is 6.61 Å². The van der Waals surface area contributed by atoms with Gasteiger partial charge in [-0.2, -0.15) is 0 Å². The first-order chi connectivity index (χ1) is 11.0. The number of nitrogens with one attached hydrogen (secondary N) is 1. The number of hydrogen-bond acceptors (Lipinski definition) is 3. The largest absolute Gasteiger partial charge is 0.481 e. The van der Waals surface area contributed by atoms with Gasteiger partial charge in [-0.25, -0.2) is 4.79 Å². The number of hydrogen-bond donors (Lipinski definition) is 2. The van der Waals surface area contributed by atoms with Crippen molar-refractivity contribution in [2.45, 2.75) is 0 Å². The number of fused-ring (bicyclic) bond motifs is 1. The summed E-state index contributed by atoms with van der Waals surface area (Å²) in [6, 6.07) is 12.1. The third kappa shape index (κ3) is 3.19. The van der Waals surface area contributed by atoms with Crippen LogP contribution in [0.15, 0.2) is 42.5 Å². The zero-order valence-corrected chi connectivity index (χ0v) is 12.6. The fraction of sp³-hybridized carbons (Fsp3) is 0.0588. The molecule has 0 aliphatic carbocycles. The minimum Gasteiger partial charge on any atom is -0.481 e. The lowest BCUT2D eigenvalue weighted by molar-refractivity contribution is -0.139. The summed E-state index contributed by atoms with van der Waals surface area (Å²) < 4.78 is 5.25. The number of anilines is 1. The number of amides is 1. The van der Waals surface area contributed by atoms with Crippen molar-refractivity contribution in [1.82, 2.24) is 0 Å². The molecule has 23 heavy (non-hydrogen) atoms. The van der Waals surface area contributed by atoms with Crippen LogP contribution in [0.3, 0.4) is 0 Å². The molecule has 1 amide bonds. The molecule has 0 saturated heterocycles. The average molecular weight is 330 g/mol. The van der Waals surface area contributed by atoms with Gasteiger partial charge in [0.25, 0.3) is 5.91 Å². The molecular weight excluding hydrogens is 318 g/mol. The minimum atomic E-state index is -1.06. The van der Waals surface area contributed by atoms with E-state index >= 15 is 0 Å². The van der Waals surface area contributed by atoms with Crippen LogP contribution in [0.5, 0.6) is 5.75 Å². The van der Waals surface area contributed by atoms with Crippen LogP contribution in [0.2, 0.25) is 5.02 Å². The lowest BCUT2D eigenvalue weighted by Gasteiger charge is -2.07. The van der Waals surface area contributed by atoms with Crippen LogP contribution in [-0.2, 0) is 9.59 Å². The molecule has 2 aromatic rings. The highest BCUT2D eigenvalue weighted by Gasteiger charge is 2.24. The molecule has 2 N–H and O–H groups in total. The number of aliphatic carboxylic acids is 1. The summed E-state index contributed by atoms with van der Waals surface area (Å²) >= 11 is 5.93. The Morgan fingerprint density at radius 2 is 2.04 bits per heavy atom. The molecule has 2 aromatic carbocycles. The van der Waals surface area contributed by atoms with Gasteiger partial charge in [0.2, 0.25) is 0 Å². The molecule has 0 bridgehead atoms. The summed E-state index contributed by atoms with van der Waals surface area (Å²) in [6.45, 7) is -0.446. The number of carboxylic acids is 1. The summed E-state index contributed by atoms with van der Waals surface area (Å²) in [4.78, 5) is 22.8. The summed E-state index contributed by atoms with van der Waals surface area (Å²) in [5.74, 6) is -0.904. The van der Waals surface area contributed by atoms with Crippen molar-refractivity contribution < 1.29 is 19.4 Å². The molecule has 6 heteroatoms. The van der Waals surface area contributed by atoms with E-state index in [1.165, 1.54) is 0 Å². The van der Waals surface area contributed by atoms with Crippen LogP contribution in [0.25, 0.3) is 11.6 Å². The van der Waals surface area contributed by atoms with E-state index in [4.69, 9.17) is 21.4 Å². The number of carbonyl (C=O) groups excluding carboxylic acids is 1. The van der Waals surface area contributed by atoms with Gasteiger partial charge in [-0.1, -0.05) is 35.9 Å². The number of para-hydroxylation sites is 1. The predicted octanol–water partition coefficient (Wildman–Crippen LogP) is 3.30. The third-order valence-corrected chi connectivity index (χ3v) is 3.57. The van der Waals surface area contributed by atoms with Crippen LogP contribution in [0.4, 0.5) is 5.69 Å². The van der Waals surface area contributed by atoms with Gasteiger partial charge < -0.3 is 15.2 Å². The Bertz CT molecular complexity index is 829. The van der Waals surface area contributed by atoms with E-state index in [9.17, 15) is 9.59 Å². The number of halogens is 1. The molecule has 0 radical (unpaired) electrons. The van der Waals surface area contributed by atoms with Gasteiger partial charge in [-0.05, 0) is 24.3 Å². The van der Waals surface area contributed by atoms with E-state index in [-0.39, 0.29) is 5.91 Å². The molecule has 116 valence electrons. The average Bonchev–Trinajstić information content (AvgIpc) is 2.81. The maximum Gasteiger partial charge on any atom is 0.341 e. The fourth-order valence-corrected chi connectivity index (χ4v) is 2.51. The molecule has 3 rings (SSSR count). The van der Waals surface area contributed by atoms with E-state index in [0.717, 1.165) is 5.56 Å². The summed E-state index contributed by atoms with van der Waals surface area (Å²) in [5.41, 5.74) is 2.50. The Labute approximate surface area is 137 Å². The smallest absolute Gasteiger partial charge is 0.341 e. The third-order valence-electron chi connectivity index (χ3n) is 3.33. The Morgan fingerprint density at radius 3 is 2.83 bits per heavy atom. The minimum absolute atomic E-state index is 0.240. The van der Waals surface area contributed by atoms with Crippen molar-refractivity contribution in [3.63, 3.8) is 0 Å². The Morgan fingerprint density at radius 1 is 1.26 bits per heavy atom. The first-order valence-electron chi connectivity index (χ1n) is 6.81. The van der Waals surface area contributed by atoms with Crippen LogP contribution in [0, 0.1) is 0 Å². The quantitative estimate of drug-likeness (QED) is 0.844. The molecule has 0 unspecified atom stereocenters. The first kappa shape index (κ1) is 15.1. The van der Waals surface area contributed by atoms with Crippen molar-refractivity contribution in [3.05, 3.63) is 58.6 Å². The number of carboxylic acid groups (broad SMARTS) is 1. The van der Waals surface area contributed by atoms with Crippen molar-refractivity contribution in [2.75, 3.05) is 11.9 Å². The van der Waals surface area contributed by atoms with E-state index in [2.05, 4.69) is 5.32 Å². The number of benzene rings is 2. The molecule has 5 nitrogen and oxygen atoms in total. The molecular formula is C17H12ClNO4. The van der Waals surface area contributed by atoms with Crippen molar-refractivity contribution in [2.24, 2.45) is 0 Å². The maximum atomic E-state index is 12.2. The first-order valence-corrected chi connectivity index (χ1v) is 7.19. The lowest BCUT2D eigenvalue weighted by atomic mass is 10.0. The second-order valence-electron chi connectivity index (χ2n) is 4.92. The predicted molar refractivity (Wildman–Crippen MR) is 87.5 cm³/mol. The van der Waals surface area contributed by atoms with E-state index in [0.29, 0.717) is 27.6 Å². The summed E-state index contributed by atoms with van der Waals surface area (Å²) in [7, 11) is 0. The van der Waals surface area contributed by atoms with Crippen LogP contribution in [-0.4, -0.2) is 23.6 Å². The number of carbonyl (C=O) groups is 2. The van der Waals surface area contributed by atoms with Crippen LogP contribution in [0.1, 0.15) is 11.1 Å². The summed E-state index contributed by atoms with van der Waals surface area (Å²) in [6.07, 6.45) is 1.67. The van der Waals surface area contributed by atoms with Gasteiger partial charge in [0.1, 0.15) is 5.75 Å². The van der Waals surface area contributed by atoms with Gasteiger partial charge in [0, 0.05) is 21.7 Å². The van der Waals surface area contributed by atoms with Crippen molar-refractivity contribution in [1.29, 1.82) is 0 Å². The van der Waals surface area contributed by atoms with Crippen molar-refractivity contribution >= 4 is 40.8 Å². The second kappa shape index (κ2) is 6.14. The SMILES string of the molecule is O=C(O)COc1ccccc1/C=C1\C(=O)Nc2cc(Cl)ccc21. The number of rotatable bonds is 4. The van der Waals surface area contributed by atoms with E-state index in [1.54, 1.807) is 48.5 Å². The molecule has 1 aliphatic heterocycles. The van der Waals surface area contributed by atoms with Crippen LogP contribution >= 0.6 is 11.6 Å². The second-order valence-corrected chi connectivity index (χ2v) is 5.36. The Kier molecular flexibility index (Phi) is 4.04. The fourth-order valence-electron chi connectivity index (χ4n) is 2.34. The van der Waals surface area contributed by atoms with E-state index < -0.39 is 12.6 Å². The zero-order chi connectivity index (χ0) is 16.4. The Balaban J connectivity index is 2.00. The molecule has 0 spiro atoms. The van der Waals surface area contributed by atoms with E-state index in [1.807, 2.05) is 0 Å². The maximum absolute atomic E-state index is 12.2. The molecule has 0 aromatic heterocycles. The number of ether oxygens (including phenoxy) is 1. The standard InChI is InChI=1S/C17H12ClNO4/c18-11-5-6-12-13(17(22)19-14(12)8-11)7-10-3-1-2-4-15(10)23-9-16(20)21/h1-8H,9H2,(H,19,22)(H,20,21)/b13-7-. The van der Waals surface area contributed by atoms with Gasteiger partial charge in [-0.3, -0.25) is 4.79 Å². The highest BCUT2D eigenvalue weighted by Crippen LogP contribution is 2.36. The van der Waals surface area contributed by atoms with Gasteiger partial charge in [-0.15, -0.1) is 0 Å². The topological polar surface area (TPSA) is 75.6 Å². The molecule has 0 atom stereocenters. The van der Waals surface area contributed by atoms with Crippen molar-refractivity contribution in [3.8, 4) is 5.75 Å². The monoisotopic (exact) mass is 329 g/mol. The molecule has 0 fully saturated rings. The normalized spacial score (nSPS) is 14.5. The molecule has 1 aliphatic rings.